The maximum absolute atomic E-state index is 13.3. The van der Waals surface area contributed by atoms with Gasteiger partial charge in [-0.15, -0.1) is 0 Å². The number of hydrogen-bond donors (Lipinski definition) is 2. The summed E-state index contributed by atoms with van der Waals surface area (Å²) < 4.78 is 1.77. The zero-order valence-electron chi connectivity index (χ0n) is 22.1. The van der Waals surface area contributed by atoms with Crippen LogP contribution in [-0.4, -0.2) is 31.4 Å². The van der Waals surface area contributed by atoms with E-state index in [1.54, 1.807) is 23.3 Å². The number of H-pyrrole nitrogens is 1. The highest BCUT2D eigenvalue weighted by Gasteiger charge is 2.35. The molecule has 37 heavy (non-hydrogen) atoms. The van der Waals surface area contributed by atoms with Crippen molar-refractivity contribution in [3.05, 3.63) is 89.0 Å². The summed E-state index contributed by atoms with van der Waals surface area (Å²) in [5.74, 6) is 0.349. The number of nitrogens with one attached hydrogen (secondary N) is 2. The van der Waals surface area contributed by atoms with E-state index in [0.717, 1.165) is 40.1 Å². The van der Waals surface area contributed by atoms with Gasteiger partial charge in [0.05, 0.1) is 23.0 Å². The Kier molecular flexibility index (Phi) is 6.10. The minimum atomic E-state index is -0.271. The maximum atomic E-state index is 13.3. The van der Waals surface area contributed by atoms with Crippen LogP contribution in [0.5, 0.6) is 0 Å². The molecule has 7 nitrogen and oxygen atoms in total. The number of anilines is 1. The molecule has 1 aromatic carbocycles. The number of nitrogens with zero attached hydrogens (tertiary/aromatic N) is 3. The summed E-state index contributed by atoms with van der Waals surface area (Å²) in [7, 11) is 0. The van der Waals surface area contributed by atoms with E-state index < -0.39 is 0 Å². The Labute approximate surface area is 217 Å². The zero-order valence-corrected chi connectivity index (χ0v) is 22.1. The van der Waals surface area contributed by atoms with Crippen molar-refractivity contribution in [3.63, 3.8) is 0 Å². The van der Waals surface area contributed by atoms with Gasteiger partial charge in [0, 0.05) is 42.1 Å². The lowest BCUT2D eigenvalue weighted by Crippen LogP contribution is -2.27. The number of fused-ring (bicyclic) bond motifs is 1. The number of carbonyl (C=O) groups excluding carboxylic acids is 2. The molecule has 0 fully saturated rings. The topological polar surface area (TPSA) is 92.7 Å². The van der Waals surface area contributed by atoms with Crippen LogP contribution in [0.1, 0.15) is 78.6 Å². The number of aromatic nitrogens is 4. The predicted octanol–water partition coefficient (Wildman–Crippen LogP) is 6.03. The highest BCUT2D eigenvalue weighted by molar-refractivity contribution is 6.04. The van der Waals surface area contributed by atoms with E-state index in [4.69, 9.17) is 0 Å². The first-order valence-electron chi connectivity index (χ1n) is 12.6. The van der Waals surface area contributed by atoms with E-state index in [0.29, 0.717) is 24.2 Å². The second-order valence-electron chi connectivity index (χ2n) is 11.7. The molecule has 3 aromatic heterocycles. The standard InChI is InChI=1S/C30H33N5O2/c1-29(2,3)35-18-21(17-32-35)28(37)34-25-14-20(11-12-31-25)27-22(13-19-9-7-6-8-10-19)26-23(33-27)15-30(4,5)16-24(26)36/h6-12,14,17-18,33H,13,15-16H2,1-5H3,(H,31,34,37). The van der Waals surface area contributed by atoms with Crippen LogP contribution in [0.2, 0.25) is 0 Å². The average Bonchev–Trinajstić information content (AvgIpc) is 3.45. The number of ketones is 1. The Hall–Kier alpha value is -4.00. The summed E-state index contributed by atoms with van der Waals surface area (Å²) >= 11 is 0. The Morgan fingerprint density at radius 1 is 1.14 bits per heavy atom. The Balaban J connectivity index is 1.50. The zero-order chi connectivity index (χ0) is 26.4. The Morgan fingerprint density at radius 2 is 1.89 bits per heavy atom. The van der Waals surface area contributed by atoms with Crippen LogP contribution in [-0.2, 0) is 18.4 Å². The molecular formula is C30H33N5O2. The number of amides is 1. The predicted molar refractivity (Wildman–Crippen MR) is 145 cm³/mol. The second-order valence-corrected chi connectivity index (χ2v) is 11.7. The van der Waals surface area contributed by atoms with E-state index >= 15 is 0 Å². The highest BCUT2D eigenvalue weighted by Crippen LogP contribution is 2.40. The second kappa shape index (κ2) is 9.14. The molecule has 0 radical (unpaired) electrons. The smallest absolute Gasteiger partial charge is 0.260 e. The van der Waals surface area contributed by atoms with Crippen molar-refractivity contribution >= 4 is 17.5 Å². The molecule has 2 N–H and O–H groups in total. The van der Waals surface area contributed by atoms with E-state index in [2.05, 4.69) is 46.4 Å². The van der Waals surface area contributed by atoms with Crippen molar-refractivity contribution in [2.45, 2.75) is 59.4 Å². The molecule has 1 amide bonds. The molecule has 0 unspecified atom stereocenters. The maximum Gasteiger partial charge on any atom is 0.260 e. The largest absolute Gasteiger partial charge is 0.358 e. The van der Waals surface area contributed by atoms with Crippen LogP contribution in [0.4, 0.5) is 5.82 Å². The van der Waals surface area contributed by atoms with Gasteiger partial charge in [-0.25, -0.2) is 4.98 Å². The van der Waals surface area contributed by atoms with Crippen molar-refractivity contribution in [2.24, 2.45) is 5.41 Å². The number of Topliss-reactive ketones (excluding diaryl/α,β-unsaturated/α-hetero) is 1. The SMILES string of the molecule is CC1(C)CC(=O)c2c([nH]c(-c3ccnc(NC(=O)c4cnn(C(C)(C)C)c4)c3)c2Cc2ccccc2)C1. The summed E-state index contributed by atoms with van der Waals surface area (Å²) in [4.78, 5) is 34.2. The lowest BCUT2D eigenvalue weighted by atomic mass is 9.75. The fraction of sp³-hybridized carbons (Fsp3) is 0.333. The number of aromatic amines is 1. The highest BCUT2D eigenvalue weighted by atomic mass is 16.1. The summed E-state index contributed by atoms with van der Waals surface area (Å²) in [6.07, 6.45) is 6.96. The van der Waals surface area contributed by atoms with Gasteiger partial charge in [0.15, 0.2) is 5.78 Å². The fourth-order valence-electron chi connectivity index (χ4n) is 5.00. The van der Waals surface area contributed by atoms with Gasteiger partial charge in [-0.1, -0.05) is 44.2 Å². The van der Waals surface area contributed by atoms with Gasteiger partial charge >= 0.3 is 0 Å². The molecule has 1 aliphatic carbocycles. The summed E-state index contributed by atoms with van der Waals surface area (Å²) in [6.45, 7) is 10.4. The molecule has 0 saturated carbocycles. The molecule has 1 aliphatic rings. The quantitative estimate of drug-likeness (QED) is 0.354. The minimum absolute atomic E-state index is 0.0922. The van der Waals surface area contributed by atoms with Gasteiger partial charge in [-0.3, -0.25) is 14.3 Å². The number of hydrogen-bond acceptors (Lipinski definition) is 4. The van der Waals surface area contributed by atoms with Gasteiger partial charge in [0.25, 0.3) is 5.91 Å². The third-order valence-corrected chi connectivity index (χ3v) is 6.80. The van der Waals surface area contributed by atoms with Crippen molar-refractivity contribution in [2.75, 3.05) is 5.32 Å². The molecular weight excluding hydrogens is 462 g/mol. The van der Waals surface area contributed by atoms with Gasteiger partial charge < -0.3 is 10.3 Å². The number of pyridine rings is 1. The van der Waals surface area contributed by atoms with Gasteiger partial charge in [0.2, 0.25) is 0 Å². The molecule has 4 aromatic rings. The molecule has 0 spiro atoms. The Bertz CT molecular complexity index is 1470. The summed E-state index contributed by atoms with van der Waals surface area (Å²) in [5.41, 5.74) is 5.87. The molecule has 190 valence electrons. The van der Waals surface area contributed by atoms with E-state index in [9.17, 15) is 9.59 Å². The van der Waals surface area contributed by atoms with Crippen molar-refractivity contribution in [1.29, 1.82) is 0 Å². The monoisotopic (exact) mass is 495 g/mol. The van der Waals surface area contributed by atoms with Crippen molar-refractivity contribution < 1.29 is 9.59 Å². The molecule has 0 atom stereocenters. The lowest BCUT2D eigenvalue weighted by molar-refractivity contribution is 0.0910. The van der Waals surface area contributed by atoms with Crippen LogP contribution in [0, 0.1) is 5.41 Å². The van der Waals surface area contributed by atoms with E-state index in [1.165, 1.54) is 0 Å². The van der Waals surface area contributed by atoms with Crippen molar-refractivity contribution in [3.8, 4) is 11.3 Å². The van der Waals surface area contributed by atoms with Crippen molar-refractivity contribution in [1.82, 2.24) is 19.7 Å². The van der Waals surface area contributed by atoms with E-state index in [-0.39, 0.29) is 22.6 Å². The Morgan fingerprint density at radius 3 is 2.59 bits per heavy atom. The average molecular weight is 496 g/mol. The molecule has 0 bridgehead atoms. The molecule has 3 heterocycles. The molecule has 0 aliphatic heterocycles. The van der Waals surface area contributed by atoms with Crippen LogP contribution < -0.4 is 5.32 Å². The minimum Gasteiger partial charge on any atom is -0.358 e. The van der Waals surface area contributed by atoms with Crippen LogP contribution in [0.15, 0.2) is 61.1 Å². The van der Waals surface area contributed by atoms with Gasteiger partial charge in [0.1, 0.15) is 5.82 Å². The lowest BCUT2D eigenvalue weighted by Gasteiger charge is -2.28. The number of carbonyl (C=O) groups is 2. The first-order chi connectivity index (χ1) is 17.5. The molecule has 5 rings (SSSR count). The first kappa shape index (κ1) is 24.7. The third kappa shape index (κ3) is 5.12. The van der Waals surface area contributed by atoms with Gasteiger partial charge in [-0.05, 0) is 55.9 Å². The summed E-state index contributed by atoms with van der Waals surface area (Å²) in [6, 6.07) is 13.9. The normalized spacial score (nSPS) is 14.9. The first-order valence-corrected chi connectivity index (χ1v) is 12.6. The fourth-order valence-corrected chi connectivity index (χ4v) is 5.00. The van der Waals surface area contributed by atoms with Crippen LogP contribution >= 0.6 is 0 Å². The number of rotatable bonds is 5. The number of benzene rings is 1. The van der Waals surface area contributed by atoms with Crippen LogP contribution in [0.25, 0.3) is 11.3 Å². The molecule has 7 heteroatoms. The summed E-state index contributed by atoms with van der Waals surface area (Å²) in [5, 5.41) is 7.22. The third-order valence-electron chi connectivity index (χ3n) is 6.80. The van der Waals surface area contributed by atoms with Crippen LogP contribution in [0.3, 0.4) is 0 Å². The van der Waals surface area contributed by atoms with Gasteiger partial charge in [-0.2, -0.15) is 5.10 Å². The van der Waals surface area contributed by atoms with E-state index in [1.807, 2.05) is 51.1 Å². The molecule has 0 saturated heterocycles.